The van der Waals surface area contributed by atoms with Gasteiger partial charge in [-0.15, -0.1) is 0 Å². The predicted molar refractivity (Wildman–Crippen MR) is 145 cm³/mol. The highest BCUT2D eigenvalue weighted by molar-refractivity contribution is 6.06. The molecular weight excluding hydrogens is 469 g/mol. The number of hydrogen-bond acceptors (Lipinski definition) is 6. The first-order chi connectivity index (χ1) is 17.8. The molecule has 1 aliphatic carbocycles. The smallest absolute Gasteiger partial charge is 0.213 e. The van der Waals surface area contributed by atoms with Gasteiger partial charge in [-0.2, -0.15) is 5.10 Å². The summed E-state index contributed by atoms with van der Waals surface area (Å²) in [5, 5.41) is 8.35. The summed E-state index contributed by atoms with van der Waals surface area (Å²) >= 11 is 0. The lowest BCUT2D eigenvalue weighted by atomic mass is 9.91. The van der Waals surface area contributed by atoms with E-state index in [2.05, 4.69) is 26.5 Å². The number of nitrogens with zero attached hydrogens (tertiary/aromatic N) is 4. The zero-order valence-electron chi connectivity index (χ0n) is 21.3. The molecule has 5 N–H and O–H groups in total. The van der Waals surface area contributed by atoms with Gasteiger partial charge in [0.2, 0.25) is 5.88 Å². The summed E-state index contributed by atoms with van der Waals surface area (Å²) in [5.41, 5.74) is 19.4. The number of pyridine rings is 1. The van der Waals surface area contributed by atoms with E-state index in [9.17, 15) is 4.39 Å². The minimum atomic E-state index is -0.359. The SMILES string of the molecule is COc1cc(C)c(-c2cc3c(NC4CCC(N)CC4)c(C(N)=Nc4cc(F)ccc4C)cnn3c2)cn1. The second-order valence-electron chi connectivity index (χ2n) is 9.72. The first-order valence-corrected chi connectivity index (χ1v) is 12.5. The number of aryl methyl sites for hydroxylation is 2. The maximum Gasteiger partial charge on any atom is 0.213 e. The lowest BCUT2D eigenvalue weighted by molar-refractivity contribution is 0.397. The Kier molecular flexibility index (Phi) is 6.80. The second kappa shape index (κ2) is 10.2. The van der Waals surface area contributed by atoms with E-state index in [0.717, 1.165) is 59.1 Å². The number of halogens is 1. The van der Waals surface area contributed by atoms with Crippen molar-refractivity contribution in [2.45, 2.75) is 51.6 Å². The minimum Gasteiger partial charge on any atom is -0.481 e. The molecule has 4 aromatic rings. The molecular formula is C28H32FN7O. The molecule has 0 amide bonds. The number of nitrogens with two attached hydrogens (primary N) is 2. The Morgan fingerprint density at radius 2 is 1.89 bits per heavy atom. The van der Waals surface area contributed by atoms with Crippen LogP contribution in [0.1, 0.15) is 42.4 Å². The molecule has 1 fully saturated rings. The fourth-order valence-corrected chi connectivity index (χ4v) is 4.85. The number of rotatable bonds is 6. The van der Waals surface area contributed by atoms with Crippen LogP contribution in [-0.2, 0) is 0 Å². The van der Waals surface area contributed by atoms with Crippen LogP contribution in [0.4, 0.5) is 15.8 Å². The van der Waals surface area contributed by atoms with E-state index in [1.165, 1.54) is 12.1 Å². The van der Waals surface area contributed by atoms with E-state index >= 15 is 0 Å². The summed E-state index contributed by atoms with van der Waals surface area (Å²) in [4.78, 5) is 8.97. The van der Waals surface area contributed by atoms with Gasteiger partial charge >= 0.3 is 0 Å². The normalized spacial score (nSPS) is 18.2. The fourth-order valence-electron chi connectivity index (χ4n) is 4.85. The van der Waals surface area contributed by atoms with E-state index in [1.807, 2.05) is 36.8 Å². The molecule has 0 saturated heterocycles. The number of nitrogens with one attached hydrogen (secondary N) is 1. The average Bonchev–Trinajstić information content (AvgIpc) is 3.32. The van der Waals surface area contributed by atoms with E-state index in [1.54, 1.807) is 19.4 Å². The van der Waals surface area contributed by atoms with Gasteiger partial charge < -0.3 is 21.5 Å². The third-order valence-electron chi connectivity index (χ3n) is 7.05. The Morgan fingerprint density at radius 3 is 2.62 bits per heavy atom. The Labute approximate surface area is 215 Å². The fraction of sp³-hybridized carbons (Fsp3) is 0.321. The number of benzene rings is 1. The number of anilines is 1. The van der Waals surface area contributed by atoms with Gasteiger partial charge in [-0.3, -0.25) is 0 Å². The van der Waals surface area contributed by atoms with E-state index < -0.39 is 0 Å². The second-order valence-corrected chi connectivity index (χ2v) is 9.72. The maximum atomic E-state index is 13.9. The van der Waals surface area contributed by atoms with E-state index in [-0.39, 0.29) is 23.7 Å². The van der Waals surface area contributed by atoms with E-state index in [0.29, 0.717) is 17.1 Å². The summed E-state index contributed by atoms with van der Waals surface area (Å²) in [6.45, 7) is 3.90. The zero-order valence-corrected chi connectivity index (χ0v) is 21.3. The van der Waals surface area contributed by atoms with Crippen LogP contribution < -0.4 is 21.5 Å². The van der Waals surface area contributed by atoms with Gasteiger partial charge in [-0.1, -0.05) is 6.07 Å². The molecule has 0 aliphatic heterocycles. The molecule has 1 saturated carbocycles. The molecule has 5 rings (SSSR count). The number of ether oxygens (including phenoxy) is 1. The molecule has 192 valence electrons. The molecule has 0 unspecified atom stereocenters. The lowest BCUT2D eigenvalue weighted by Crippen LogP contribution is -2.33. The van der Waals surface area contributed by atoms with Crippen molar-refractivity contribution in [1.29, 1.82) is 0 Å². The third kappa shape index (κ3) is 5.13. The topological polar surface area (TPSA) is 116 Å². The summed E-state index contributed by atoms with van der Waals surface area (Å²) in [7, 11) is 1.60. The van der Waals surface area contributed by atoms with Crippen molar-refractivity contribution in [3.8, 4) is 17.0 Å². The van der Waals surface area contributed by atoms with Crippen LogP contribution in [0.5, 0.6) is 5.88 Å². The van der Waals surface area contributed by atoms with Gasteiger partial charge in [0.15, 0.2) is 0 Å². The van der Waals surface area contributed by atoms with Crippen LogP contribution in [0.2, 0.25) is 0 Å². The largest absolute Gasteiger partial charge is 0.481 e. The standard InChI is InChI=1S/C28H32FN7O/c1-16-4-5-19(29)12-24(16)35-28(31)23-14-33-36-15-18(22-13-32-26(37-3)10-17(22)2)11-25(36)27(23)34-21-8-6-20(30)7-9-21/h4-5,10-15,20-21,34H,6-9,30H2,1-3H3,(H2,31,35). The monoisotopic (exact) mass is 501 g/mol. The number of amidine groups is 1. The number of aromatic nitrogens is 3. The molecule has 3 heterocycles. The molecule has 3 aromatic heterocycles. The Morgan fingerprint density at radius 1 is 1.11 bits per heavy atom. The molecule has 0 atom stereocenters. The Bertz CT molecular complexity index is 1470. The first-order valence-electron chi connectivity index (χ1n) is 12.5. The minimum absolute atomic E-state index is 0.239. The van der Waals surface area contributed by atoms with Crippen molar-refractivity contribution in [2.75, 3.05) is 12.4 Å². The highest BCUT2D eigenvalue weighted by Crippen LogP contribution is 2.33. The van der Waals surface area contributed by atoms with Crippen LogP contribution in [-0.4, -0.2) is 39.6 Å². The maximum absolute atomic E-state index is 13.9. The van der Waals surface area contributed by atoms with Crippen LogP contribution in [0.3, 0.4) is 0 Å². The van der Waals surface area contributed by atoms with Crippen molar-refractivity contribution < 1.29 is 9.13 Å². The van der Waals surface area contributed by atoms with E-state index in [4.69, 9.17) is 16.2 Å². The highest BCUT2D eigenvalue weighted by atomic mass is 19.1. The third-order valence-corrected chi connectivity index (χ3v) is 7.05. The van der Waals surface area contributed by atoms with Crippen LogP contribution in [0.25, 0.3) is 16.6 Å². The molecule has 0 bridgehead atoms. The van der Waals surface area contributed by atoms with Crippen LogP contribution in [0, 0.1) is 19.7 Å². The molecule has 9 heteroatoms. The number of hydrogen-bond donors (Lipinski definition) is 3. The summed E-state index contributed by atoms with van der Waals surface area (Å²) in [6.07, 6.45) is 9.34. The molecule has 1 aromatic carbocycles. The zero-order chi connectivity index (χ0) is 26.1. The molecule has 8 nitrogen and oxygen atoms in total. The van der Waals surface area contributed by atoms with Crippen molar-refractivity contribution in [1.82, 2.24) is 14.6 Å². The van der Waals surface area contributed by atoms with Crippen molar-refractivity contribution in [3.05, 3.63) is 71.4 Å². The van der Waals surface area contributed by atoms with Crippen molar-refractivity contribution >= 4 is 22.7 Å². The van der Waals surface area contributed by atoms with Crippen LogP contribution in [0.15, 0.2) is 53.9 Å². The number of aliphatic imine (C=N–C) groups is 1. The van der Waals surface area contributed by atoms with Gasteiger partial charge in [0.1, 0.15) is 11.7 Å². The summed E-state index contributed by atoms with van der Waals surface area (Å²) < 4.78 is 21.0. The average molecular weight is 502 g/mol. The van der Waals surface area contributed by atoms with Crippen LogP contribution >= 0.6 is 0 Å². The van der Waals surface area contributed by atoms with Gasteiger partial charge in [0.25, 0.3) is 0 Å². The van der Waals surface area contributed by atoms with Gasteiger partial charge in [-0.25, -0.2) is 18.9 Å². The predicted octanol–water partition coefficient (Wildman–Crippen LogP) is 4.88. The first kappa shape index (κ1) is 24.7. The number of fused-ring (bicyclic) bond motifs is 1. The van der Waals surface area contributed by atoms with Gasteiger partial charge in [0.05, 0.1) is 35.8 Å². The van der Waals surface area contributed by atoms with Gasteiger partial charge in [-0.05, 0) is 68.9 Å². The highest BCUT2D eigenvalue weighted by Gasteiger charge is 2.22. The quantitative estimate of drug-likeness (QED) is 0.256. The van der Waals surface area contributed by atoms with Crippen molar-refractivity contribution in [3.63, 3.8) is 0 Å². The summed E-state index contributed by atoms with van der Waals surface area (Å²) in [5.74, 6) is 0.478. The summed E-state index contributed by atoms with van der Waals surface area (Å²) in [6, 6.07) is 8.96. The number of methoxy groups -OCH3 is 1. The molecule has 0 spiro atoms. The van der Waals surface area contributed by atoms with Gasteiger partial charge in [0, 0.05) is 41.7 Å². The Hall–Kier alpha value is -3.98. The molecule has 0 radical (unpaired) electrons. The lowest BCUT2D eigenvalue weighted by Gasteiger charge is -2.28. The Balaban J connectivity index is 1.62. The molecule has 37 heavy (non-hydrogen) atoms. The van der Waals surface area contributed by atoms with Crippen molar-refractivity contribution in [2.24, 2.45) is 16.5 Å². The molecule has 1 aliphatic rings.